The van der Waals surface area contributed by atoms with Gasteiger partial charge < -0.3 is 24.8 Å². The number of nitrogens with zero attached hydrogens (tertiary/aromatic N) is 4. The van der Waals surface area contributed by atoms with Gasteiger partial charge in [-0.25, -0.2) is 4.98 Å². The number of ether oxygens (including phenoxy) is 1. The van der Waals surface area contributed by atoms with Crippen molar-refractivity contribution >= 4 is 36.6 Å². The molecule has 0 radical (unpaired) electrons. The molecule has 1 saturated heterocycles. The summed E-state index contributed by atoms with van der Waals surface area (Å²) in [6, 6.07) is 9.48. The number of carbonyl (C=O) groups excluding carboxylic acids is 2. The number of methoxy groups -OCH3 is 1. The van der Waals surface area contributed by atoms with Gasteiger partial charge in [-0.15, -0.1) is 24.8 Å². The Bertz CT molecular complexity index is 795. The highest BCUT2D eigenvalue weighted by atomic mass is 35.5. The van der Waals surface area contributed by atoms with Crippen molar-refractivity contribution < 1.29 is 14.3 Å². The molecule has 10 heteroatoms. The van der Waals surface area contributed by atoms with E-state index in [0.29, 0.717) is 32.6 Å². The molecule has 1 aliphatic heterocycles. The molecular weight excluding hydrogens is 429 g/mol. The topological polar surface area (TPSA) is 93.7 Å². The summed E-state index contributed by atoms with van der Waals surface area (Å²) < 4.78 is 6.86. The molecule has 2 aromatic rings. The van der Waals surface area contributed by atoms with E-state index < -0.39 is 6.04 Å². The second-order valence-corrected chi connectivity index (χ2v) is 6.97. The second-order valence-electron chi connectivity index (χ2n) is 6.97. The third kappa shape index (κ3) is 6.98. The van der Waals surface area contributed by atoms with Crippen LogP contribution in [-0.4, -0.2) is 77.1 Å². The molecule has 1 fully saturated rings. The first-order chi connectivity index (χ1) is 13.6. The number of carbonyl (C=O) groups is 2. The lowest BCUT2D eigenvalue weighted by Gasteiger charge is -2.35. The van der Waals surface area contributed by atoms with E-state index in [9.17, 15) is 9.59 Å². The molecule has 0 aliphatic carbocycles. The smallest absolute Gasteiger partial charge is 0.248 e. The van der Waals surface area contributed by atoms with Crippen molar-refractivity contribution in [3.05, 3.63) is 54.1 Å². The third-order valence-corrected chi connectivity index (χ3v) is 4.85. The first-order valence-corrected chi connectivity index (χ1v) is 9.42. The van der Waals surface area contributed by atoms with Gasteiger partial charge in [0.05, 0.1) is 18.1 Å². The fourth-order valence-corrected chi connectivity index (χ4v) is 3.33. The van der Waals surface area contributed by atoms with Crippen molar-refractivity contribution in [2.24, 2.45) is 5.73 Å². The van der Waals surface area contributed by atoms with Gasteiger partial charge >= 0.3 is 0 Å². The number of hydrogen-bond donors (Lipinski definition) is 1. The second kappa shape index (κ2) is 12.5. The zero-order valence-corrected chi connectivity index (χ0v) is 18.6. The average Bonchev–Trinajstić information content (AvgIpc) is 3.15. The quantitative estimate of drug-likeness (QED) is 0.667. The number of imidazole rings is 1. The van der Waals surface area contributed by atoms with Crippen LogP contribution in [0, 0.1) is 0 Å². The summed E-state index contributed by atoms with van der Waals surface area (Å²) in [6.07, 6.45) is 4.09. The fraction of sp³-hybridized carbons (Fsp3) is 0.450. The minimum Gasteiger partial charge on any atom is -0.375 e. The van der Waals surface area contributed by atoms with E-state index >= 15 is 0 Å². The van der Waals surface area contributed by atoms with Gasteiger partial charge in [-0.3, -0.25) is 9.59 Å². The lowest BCUT2D eigenvalue weighted by Crippen LogP contribution is -2.55. The molecule has 2 amide bonds. The van der Waals surface area contributed by atoms with E-state index in [2.05, 4.69) is 17.1 Å². The number of hydrogen-bond acceptors (Lipinski definition) is 5. The van der Waals surface area contributed by atoms with Crippen LogP contribution in [0.4, 0.5) is 0 Å². The predicted octanol–water partition coefficient (Wildman–Crippen LogP) is 0.962. The summed E-state index contributed by atoms with van der Waals surface area (Å²) in [5, 5.41) is 0. The summed E-state index contributed by atoms with van der Waals surface area (Å²) in [7, 11) is 1.50. The summed E-state index contributed by atoms with van der Waals surface area (Å²) in [4.78, 5) is 32.3. The first kappa shape index (κ1) is 25.9. The average molecular weight is 458 g/mol. The molecule has 3 rings (SSSR count). The molecule has 0 saturated carbocycles. The Kier molecular flexibility index (Phi) is 10.8. The van der Waals surface area contributed by atoms with Crippen LogP contribution in [0.3, 0.4) is 0 Å². The maximum atomic E-state index is 12.6. The number of rotatable bonds is 7. The third-order valence-electron chi connectivity index (χ3n) is 4.85. The van der Waals surface area contributed by atoms with Gasteiger partial charge in [-0.2, -0.15) is 0 Å². The van der Waals surface area contributed by atoms with Crippen LogP contribution in [-0.2, 0) is 27.3 Å². The molecule has 1 aliphatic rings. The standard InChI is InChI=1S/C20H27N5O3.2ClH/c1-28-14-19(26)24-7-9-25(10-8-24)20(27)18(21)11-17-13-23(15-22-17)12-16-5-3-2-4-6-16;;/h2-6,13,15,18H,7-12,14,21H2,1H3;2*1H/t18-;;/m0../s1. The van der Waals surface area contributed by atoms with Gasteiger partial charge in [0.15, 0.2) is 0 Å². The van der Waals surface area contributed by atoms with Gasteiger partial charge in [0.1, 0.15) is 6.61 Å². The van der Waals surface area contributed by atoms with Crippen LogP contribution in [0.1, 0.15) is 11.3 Å². The zero-order chi connectivity index (χ0) is 19.9. The van der Waals surface area contributed by atoms with Crippen molar-refractivity contribution in [1.29, 1.82) is 0 Å². The Morgan fingerprint density at radius 2 is 1.73 bits per heavy atom. The van der Waals surface area contributed by atoms with Crippen molar-refractivity contribution in [2.45, 2.75) is 19.0 Å². The SMILES string of the molecule is COCC(=O)N1CCN(C(=O)[C@@H](N)Cc2cn(Cc3ccccc3)cn2)CC1.Cl.Cl. The van der Waals surface area contributed by atoms with Crippen LogP contribution in [0.25, 0.3) is 0 Å². The summed E-state index contributed by atoms with van der Waals surface area (Å²) in [6.45, 7) is 2.79. The van der Waals surface area contributed by atoms with E-state index in [1.807, 2.05) is 29.0 Å². The number of piperazine rings is 1. The van der Waals surface area contributed by atoms with Gasteiger partial charge in [0.2, 0.25) is 11.8 Å². The molecule has 1 aromatic heterocycles. The molecule has 0 unspecified atom stereocenters. The van der Waals surface area contributed by atoms with Crippen molar-refractivity contribution in [2.75, 3.05) is 39.9 Å². The van der Waals surface area contributed by atoms with E-state index in [-0.39, 0.29) is 43.2 Å². The molecular formula is C20H29Cl2N5O3. The molecule has 1 atom stereocenters. The fourth-order valence-electron chi connectivity index (χ4n) is 3.33. The Morgan fingerprint density at radius 1 is 1.10 bits per heavy atom. The molecule has 30 heavy (non-hydrogen) atoms. The summed E-state index contributed by atoms with van der Waals surface area (Å²) >= 11 is 0. The maximum absolute atomic E-state index is 12.6. The Labute approximate surface area is 189 Å². The molecule has 2 heterocycles. The maximum Gasteiger partial charge on any atom is 0.248 e. The van der Waals surface area contributed by atoms with E-state index in [1.165, 1.54) is 12.7 Å². The Balaban J connectivity index is 0.00000225. The number of amides is 2. The van der Waals surface area contributed by atoms with Crippen molar-refractivity contribution in [3.8, 4) is 0 Å². The highest BCUT2D eigenvalue weighted by molar-refractivity contribution is 5.85. The van der Waals surface area contributed by atoms with Gasteiger partial charge in [-0.1, -0.05) is 30.3 Å². The first-order valence-electron chi connectivity index (χ1n) is 9.42. The van der Waals surface area contributed by atoms with Crippen LogP contribution < -0.4 is 5.73 Å². The van der Waals surface area contributed by atoms with E-state index in [0.717, 1.165) is 12.2 Å². The monoisotopic (exact) mass is 457 g/mol. The molecule has 0 bridgehead atoms. The summed E-state index contributed by atoms with van der Waals surface area (Å²) in [5.74, 6) is -0.153. The van der Waals surface area contributed by atoms with E-state index in [1.54, 1.807) is 16.1 Å². The minimum absolute atomic E-state index is 0. The number of benzene rings is 1. The van der Waals surface area contributed by atoms with Crippen molar-refractivity contribution in [3.63, 3.8) is 0 Å². The molecule has 2 N–H and O–H groups in total. The van der Waals surface area contributed by atoms with E-state index in [4.69, 9.17) is 10.5 Å². The molecule has 0 spiro atoms. The highest BCUT2D eigenvalue weighted by Gasteiger charge is 2.27. The van der Waals surface area contributed by atoms with Gasteiger partial charge in [0, 0.05) is 52.5 Å². The summed E-state index contributed by atoms with van der Waals surface area (Å²) in [5.41, 5.74) is 8.13. The lowest BCUT2D eigenvalue weighted by molar-refractivity contribution is -0.142. The zero-order valence-electron chi connectivity index (χ0n) is 17.0. The Hall–Kier alpha value is -2.13. The van der Waals surface area contributed by atoms with Gasteiger partial charge in [0.25, 0.3) is 0 Å². The highest BCUT2D eigenvalue weighted by Crippen LogP contribution is 2.09. The van der Waals surface area contributed by atoms with Crippen LogP contribution in [0.15, 0.2) is 42.9 Å². The largest absolute Gasteiger partial charge is 0.375 e. The predicted molar refractivity (Wildman–Crippen MR) is 119 cm³/mol. The number of aromatic nitrogens is 2. The number of nitrogens with two attached hydrogens (primary N) is 1. The molecule has 166 valence electrons. The normalized spacial score (nSPS) is 14.5. The van der Waals surface area contributed by atoms with Crippen molar-refractivity contribution in [1.82, 2.24) is 19.4 Å². The lowest BCUT2D eigenvalue weighted by atomic mass is 10.1. The molecule has 8 nitrogen and oxygen atoms in total. The molecule has 1 aromatic carbocycles. The van der Waals surface area contributed by atoms with Crippen LogP contribution >= 0.6 is 24.8 Å². The van der Waals surface area contributed by atoms with Crippen LogP contribution in [0.5, 0.6) is 0 Å². The minimum atomic E-state index is -0.638. The Morgan fingerprint density at radius 3 is 2.37 bits per heavy atom. The van der Waals surface area contributed by atoms with Gasteiger partial charge in [-0.05, 0) is 5.56 Å². The van der Waals surface area contributed by atoms with Crippen LogP contribution in [0.2, 0.25) is 0 Å². The number of halogens is 2.